The van der Waals surface area contributed by atoms with Crippen molar-refractivity contribution in [2.45, 2.75) is 6.42 Å². The highest BCUT2D eigenvalue weighted by Crippen LogP contribution is 2.29. The summed E-state index contributed by atoms with van der Waals surface area (Å²) in [5.74, 6) is 0.675. The highest BCUT2D eigenvalue weighted by atomic mass is 16.5. The summed E-state index contributed by atoms with van der Waals surface area (Å²) in [5.41, 5.74) is 4.54. The van der Waals surface area contributed by atoms with Gasteiger partial charge >= 0.3 is 0 Å². The number of carbonyl (C=O) groups is 1. The Morgan fingerprint density at radius 2 is 1.93 bits per heavy atom. The molecule has 0 saturated carbocycles. The molecule has 144 valence electrons. The quantitative estimate of drug-likeness (QED) is 0.735. The number of aromatic amines is 1. The molecule has 0 radical (unpaired) electrons. The lowest BCUT2D eigenvalue weighted by atomic mass is 10.1. The SMILES string of the molecule is O=C1COc2ccc(CCN3CCN(c4cccc5[nH]ccc45)CC3)cc2N1. The molecule has 5 rings (SSSR count). The van der Waals surface area contributed by atoms with Crippen molar-refractivity contribution in [1.82, 2.24) is 9.88 Å². The van der Waals surface area contributed by atoms with E-state index in [0.29, 0.717) is 0 Å². The fourth-order valence-electron chi connectivity index (χ4n) is 4.13. The van der Waals surface area contributed by atoms with Crippen LogP contribution in [-0.2, 0) is 11.2 Å². The average molecular weight is 376 g/mol. The summed E-state index contributed by atoms with van der Waals surface area (Å²) in [6.45, 7) is 5.33. The number of benzene rings is 2. The Morgan fingerprint density at radius 3 is 2.82 bits per heavy atom. The van der Waals surface area contributed by atoms with Crippen LogP contribution in [0.4, 0.5) is 11.4 Å². The van der Waals surface area contributed by atoms with E-state index in [1.807, 2.05) is 18.3 Å². The monoisotopic (exact) mass is 376 g/mol. The summed E-state index contributed by atoms with van der Waals surface area (Å²) in [7, 11) is 0. The van der Waals surface area contributed by atoms with E-state index >= 15 is 0 Å². The van der Waals surface area contributed by atoms with Crippen molar-refractivity contribution in [3.05, 3.63) is 54.2 Å². The van der Waals surface area contributed by atoms with E-state index in [0.717, 1.165) is 50.6 Å². The average Bonchev–Trinajstić information content (AvgIpc) is 3.21. The number of anilines is 2. The number of ether oxygens (including phenoxy) is 1. The third-order valence-corrected chi connectivity index (χ3v) is 5.68. The van der Waals surface area contributed by atoms with Gasteiger partial charge in [0.15, 0.2) is 6.61 Å². The van der Waals surface area contributed by atoms with E-state index < -0.39 is 0 Å². The van der Waals surface area contributed by atoms with E-state index in [9.17, 15) is 4.79 Å². The van der Waals surface area contributed by atoms with Gasteiger partial charge in [-0.25, -0.2) is 0 Å². The van der Waals surface area contributed by atoms with Crippen LogP contribution in [0.2, 0.25) is 0 Å². The van der Waals surface area contributed by atoms with Gasteiger partial charge in [-0.1, -0.05) is 12.1 Å². The van der Waals surface area contributed by atoms with Gasteiger partial charge in [-0.05, 0) is 42.3 Å². The molecule has 6 heteroatoms. The van der Waals surface area contributed by atoms with Gasteiger partial charge in [0.05, 0.1) is 5.69 Å². The van der Waals surface area contributed by atoms with Crippen LogP contribution in [-0.4, -0.2) is 55.1 Å². The van der Waals surface area contributed by atoms with Crippen LogP contribution in [0.5, 0.6) is 5.75 Å². The molecular weight excluding hydrogens is 352 g/mol. The number of carbonyl (C=O) groups excluding carboxylic acids is 1. The van der Waals surface area contributed by atoms with Gasteiger partial charge in [0.2, 0.25) is 0 Å². The number of hydrogen-bond donors (Lipinski definition) is 2. The summed E-state index contributed by atoms with van der Waals surface area (Å²) in [6, 6.07) is 14.7. The third-order valence-electron chi connectivity index (χ3n) is 5.68. The maximum Gasteiger partial charge on any atom is 0.262 e. The summed E-state index contributed by atoms with van der Waals surface area (Å²) < 4.78 is 5.43. The molecule has 2 aromatic carbocycles. The fourth-order valence-corrected chi connectivity index (χ4v) is 4.13. The summed E-state index contributed by atoms with van der Waals surface area (Å²) in [4.78, 5) is 19.8. The number of H-pyrrole nitrogens is 1. The van der Waals surface area contributed by atoms with E-state index in [4.69, 9.17) is 4.74 Å². The molecule has 0 atom stereocenters. The number of rotatable bonds is 4. The molecule has 6 nitrogen and oxygen atoms in total. The van der Waals surface area contributed by atoms with Gasteiger partial charge in [0.25, 0.3) is 5.91 Å². The number of aromatic nitrogens is 1. The van der Waals surface area contributed by atoms with Crippen molar-refractivity contribution in [3.63, 3.8) is 0 Å². The lowest BCUT2D eigenvalue weighted by Gasteiger charge is -2.36. The molecule has 0 spiro atoms. The van der Waals surface area contributed by atoms with Crippen molar-refractivity contribution in [2.75, 3.05) is 49.5 Å². The van der Waals surface area contributed by atoms with Crippen molar-refractivity contribution >= 4 is 28.2 Å². The molecule has 28 heavy (non-hydrogen) atoms. The summed E-state index contributed by atoms with van der Waals surface area (Å²) in [6.07, 6.45) is 2.98. The minimum atomic E-state index is -0.0850. The Bertz CT molecular complexity index is 1000. The fraction of sp³-hybridized carbons (Fsp3) is 0.318. The molecule has 1 aromatic heterocycles. The van der Waals surface area contributed by atoms with Crippen molar-refractivity contribution < 1.29 is 9.53 Å². The van der Waals surface area contributed by atoms with Crippen LogP contribution in [0, 0.1) is 0 Å². The third kappa shape index (κ3) is 3.31. The van der Waals surface area contributed by atoms with Crippen LogP contribution >= 0.6 is 0 Å². The number of nitrogens with zero attached hydrogens (tertiary/aromatic N) is 2. The molecule has 0 aliphatic carbocycles. The van der Waals surface area contributed by atoms with Crippen LogP contribution in [0.3, 0.4) is 0 Å². The zero-order valence-electron chi connectivity index (χ0n) is 15.8. The normalized spacial score (nSPS) is 17.3. The number of nitrogens with one attached hydrogen (secondary N) is 2. The van der Waals surface area contributed by atoms with Gasteiger partial charge in [0.1, 0.15) is 5.75 Å². The molecule has 0 bridgehead atoms. The van der Waals surface area contributed by atoms with Gasteiger partial charge in [0, 0.05) is 55.5 Å². The predicted octanol–water partition coefficient (Wildman–Crippen LogP) is 2.86. The van der Waals surface area contributed by atoms with Gasteiger partial charge < -0.3 is 19.9 Å². The lowest BCUT2D eigenvalue weighted by Crippen LogP contribution is -2.47. The highest BCUT2D eigenvalue weighted by molar-refractivity contribution is 5.95. The second-order valence-electron chi connectivity index (χ2n) is 7.46. The van der Waals surface area contributed by atoms with Crippen molar-refractivity contribution in [1.29, 1.82) is 0 Å². The second-order valence-corrected chi connectivity index (χ2v) is 7.46. The van der Waals surface area contributed by atoms with Crippen LogP contribution in [0.15, 0.2) is 48.7 Å². The van der Waals surface area contributed by atoms with E-state index in [-0.39, 0.29) is 12.5 Å². The number of fused-ring (bicyclic) bond motifs is 2. The first-order chi connectivity index (χ1) is 13.8. The minimum Gasteiger partial charge on any atom is -0.482 e. The number of amides is 1. The summed E-state index contributed by atoms with van der Waals surface area (Å²) in [5, 5.41) is 4.19. The summed E-state index contributed by atoms with van der Waals surface area (Å²) >= 11 is 0. The Balaban J connectivity index is 1.19. The Hall–Kier alpha value is -2.99. The topological polar surface area (TPSA) is 60.6 Å². The Morgan fingerprint density at radius 1 is 1.04 bits per heavy atom. The Kier molecular flexibility index (Phi) is 4.41. The zero-order chi connectivity index (χ0) is 18.9. The van der Waals surface area contributed by atoms with E-state index in [2.05, 4.69) is 50.4 Å². The Labute approximate surface area is 164 Å². The molecular formula is C22H24N4O2. The first-order valence-corrected chi connectivity index (χ1v) is 9.85. The number of piperazine rings is 1. The van der Waals surface area contributed by atoms with Crippen LogP contribution in [0.25, 0.3) is 10.9 Å². The highest BCUT2D eigenvalue weighted by Gasteiger charge is 2.19. The number of hydrogen-bond acceptors (Lipinski definition) is 4. The molecule has 2 aliphatic rings. The van der Waals surface area contributed by atoms with Gasteiger partial charge in [-0.3, -0.25) is 9.69 Å². The molecule has 2 aliphatic heterocycles. The maximum atomic E-state index is 11.5. The predicted molar refractivity (Wildman–Crippen MR) is 111 cm³/mol. The smallest absolute Gasteiger partial charge is 0.262 e. The van der Waals surface area contributed by atoms with E-state index in [1.54, 1.807) is 0 Å². The van der Waals surface area contributed by atoms with Gasteiger partial charge in [-0.2, -0.15) is 0 Å². The van der Waals surface area contributed by atoms with E-state index in [1.165, 1.54) is 22.2 Å². The second kappa shape index (κ2) is 7.20. The molecule has 0 unspecified atom stereocenters. The largest absolute Gasteiger partial charge is 0.482 e. The van der Waals surface area contributed by atoms with Crippen LogP contribution < -0.4 is 15.0 Å². The lowest BCUT2D eigenvalue weighted by molar-refractivity contribution is -0.118. The molecule has 3 aromatic rings. The zero-order valence-corrected chi connectivity index (χ0v) is 15.8. The minimum absolute atomic E-state index is 0.0850. The van der Waals surface area contributed by atoms with Crippen molar-refractivity contribution in [3.8, 4) is 5.75 Å². The molecule has 1 amide bonds. The maximum absolute atomic E-state index is 11.5. The molecule has 1 saturated heterocycles. The molecule has 2 N–H and O–H groups in total. The molecule has 1 fully saturated rings. The first kappa shape index (κ1) is 17.1. The standard InChI is InChI=1S/C22H24N4O2/c27-22-15-28-21-5-4-16(14-19(21)24-22)7-9-25-10-12-26(13-11-25)20-3-1-2-18-17(20)6-8-23-18/h1-6,8,14,23H,7,9-13,15H2,(H,24,27). The van der Waals surface area contributed by atoms with Crippen molar-refractivity contribution in [2.24, 2.45) is 0 Å². The van der Waals surface area contributed by atoms with Gasteiger partial charge in [-0.15, -0.1) is 0 Å². The molecule has 3 heterocycles. The van der Waals surface area contributed by atoms with Crippen LogP contribution in [0.1, 0.15) is 5.56 Å². The first-order valence-electron chi connectivity index (χ1n) is 9.85.